The lowest BCUT2D eigenvalue weighted by atomic mass is 9.75. The van der Waals surface area contributed by atoms with Crippen LogP contribution in [0.1, 0.15) is 38.2 Å². The van der Waals surface area contributed by atoms with Gasteiger partial charge in [-0.05, 0) is 25.8 Å². The van der Waals surface area contributed by atoms with Crippen LogP contribution >= 0.6 is 0 Å². The molecular formula is C23H29FN2O6. The zero-order valence-electron chi connectivity index (χ0n) is 18.5. The molecule has 0 N–H and O–H groups in total. The summed E-state index contributed by atoms with van der Waals surface area (Å²) in [5, 5.41) is 0. The van der Waals surface area contributed by atoms with E-state index in [1.807, 2.05) is 0 Å². The van der Waals surface area contributed by atoms with Crippen molar-refractivity contribution >= 4 is 23.7 Å². The van der Waals surface area contributed by atoms with Gasteiger partial charge in [-0.25, -0.2) is 4.39 Å². The first-order valence-electron chi connectivity index (χ1n) is 10.9. The summed E-state index contributed by atoms with van der Waals surface area (Å²) in [7, 11) is 1.45. The van der Waals surface area contributed by atoms with E-state index in [0.29, 0.717) is 19.4 Å². The second-order valence-electron chi connectivity index (χ2n) is 8.19. The van der Waals surface area contributed by atoms with Gasteiger partial charge in [-0.2, -0.15) is 0 Å². The molecule has 2 heterocycles. The highest BCUT2D eigenvalue weighted by Crippen LogP contribution is 2.41. The van der Waals surface area contributed by atoms with Gasteiger partial charge in [-0.15, -0.1) is 0 Å². The molecule has 3 amide bonds. The average molecular weight is 448 g/mol. The third-order valence-electron chi connectivity index (χ3n) is 6.16. The van der Waals surface area contributed by atoms with Crippen molar-refractivity contribution in [3.63, 3.8) is 0 Å². The highest BCUT2D eigenvalue weighted by Gasteiger charge is 2.55. The molecule has 0 spiro atoms. The Bertz CT molecular complexity index is 891. The van der Waals surface area contributed by atoms with Crippen molar-refractivity contribution in [2.45, 2.75) is 38.0 Å². The zero-order chi connectivity index (χ0) is 23.3. The predicted octanol–water partition coefficient (Wildman–Crippen LogP) is 1.66. The fraction of sp³-hybridized carbons (Fsp3) is 0.565. The largest absolute Gasteiger partial charge is 0.466 e. The molecule has 2 saturated heterocycles. The fourth-order valence-electron chi connectivity index (χ4n) is 4.53. The van der Waals surface area contributed by atoms with Crippen LogP contribution in [-0.2, 0) is 34.1 Å². The van der Waals surface area contributed by atoms with Gasteiger partial charge in [0, 0.05) is 38.6 Å². The summed E-state index contributed by atoms with van der Waals surface area (Å²) in [5.74, 6) is -2.89. The Labute approximate surface area is 186 Å². The van der Waals surface area contributed by atoms with Crippen LogP contribution in [0.2, 0.25) is 0 Å². The number of carbonyl (C=O) groups excluding carboxylic acids is 4. The van der Waals surface area contributed by atoms with Crippen LogP contribution in [0.15, 0.2) is 24.3 Å². The summed E-state index contributed by atoms with van der Waals surface area (Å²) < 4.78 is 24.9. The van der Waals surface area contributed by atoms with Crippen molar-refractivity contribution in [2.24, 2.45) is 5.92 Å². The van der Waals surface area contributed by atoms with E-state index in [-0.39, 0.29) is 50.7 Å². The van der Waals surface area contributed by atoms with E-state index in [9.17, 15) is 23.6 Å². The third-order valence-corrected chi connectivity index (χ3v) is 6.16. The van der Waals surface area contributed by atoms with Gasteiger partial charge in [0.2, 0.25) is 17.7 Å². The number of benzene rings is 1. The maximum absolute atomic E-state index is 14.8. The van der Waals surface area contributed by atoms with Gasteiger partial charge >= 0.3 is 5.97 Å². The number of esters is 1. The van der Waals surface area contributed by atoms with Crippen molar-refractivity contribution in [1.82, 2.24) is 9.80 Å². The molecule has 0 aromatic heterocycles. The summed E-state index contributed by atoms with van der Waals surface area (Å²) in [5.41, 5.74) is -1.59. The maximum Gasteiger partial charge on any atom is 0.310 e. The number of likely N-dealkylation sites (tertiary alicyclic amines) is 2. The van der Waals surface area contributed by atoms with Crippen LogP contribution in [0.4, 0.5) is 4.39 Å². The van der Waals surface area contributed by atoms with Gasteiger partial charge in [0.15, 0.2) is 0 Å². The molecule has 3 rings (SSSR count). The standard InChI is InChI=1S/C23H29FN2O6/c1-3-32-21(29)16-7-6-10-25(15-16)19(27)13-23(17-8-4-5-9-18(17)24)14-20(28)26(22(23)30)11-12-31-2/h4-5,8-9,16H,3,6-7,10-15H2,1-2H3/t16-,23-/m0/s1. The van der Waals surface area contributed by atoms with E-state index in [2.05, 4.69) is 0 Å². The highest BCUT2D eigenvalue weighted by atomic mass is 19.1. The number of carbonyl (C=O) groups is 4. The van der Waals surface area contributed by atoms with Crippen molar-refractivity contribution < 1.29 is 33.0 Å². The average Bonchev–Trinajstić information content (AvgIpc) is 3.02. The second-order valence-corrected chi connectivity index (χ2v) is 8.19. The molecule has 2 aliphatic heterocycles. The Hall–Kier alpha value is -2.81. The smallest absolute Gasteiger partial charge is 0.310 e. The lowest BCUT2D eigenvalue weighted by Gasteiger charge is -2.34. The summed E-state index contributed by atoms with van der Waals surface area (Å²) >= 11 is 0. The molecule has 9 heteroatoms. The Morgan fingerprint density at radius 3 is 2.69 bits per heavy atom. The molecule has 1 aromatic rings. The Morgan fingerprint density at radius 2 is 2.00 bits per heavy atom. The number of rotatable bonds is 8. The van der Waals surface area contributed by atoms with Crippen LogP contribution in [0.5, 0.6) is 0 Å². The first-order chi connectivity index (χ1) is 15.3. The van der Waals surface area contributed by atoms with E-state index < -0.39 is 34.9 Å². The molecule has 32 heavy (non-hydrogen) atoms. The number of piperidine rings is 1. The molecule has 174 valence electrons. The number of imide groups is 1. The summed E-state index contributed by atoms with van der Waals surface area (Å²) in [6.45, 7) is 2.77. The normalized spacial score (nSPS) is 23.5. The Morgan fingerprint density at radius 1 is 1.25 bits per heavy atom. The number of methoxy groups -OCH3 is 1. The molecule has 1 aromatic carbocycles. The van der Waals surface area contributed by atoms with Gasteiger partial charge in [-0.3, -0.25) is 24.1 Å². The molecule has 0 radical (unpaired) electrons. The molecule has 2 aliphatic rings. The van der Waals surface area contributed by atoms with Gasteiger partial charge in [0.1, 0.15) is 5.82 Å². The van der Waals surface area contributed by atoms with Gasteiger partial charge in [-0.1, -0.05) is 18.2 Å². The van der Waals surface area contributed by atoms with E-state index >= 15 is 0 Å². The monoisotopic (exact) mass is 448 g/mol. The molecule has 0 bridgehead atoms. The van der Waals surface area contributed by atoms with Crippen molar-refractivity contribution in [2.75, 3.05) is 40.0 Å². The lowest BCUT2D eigenvalue weighted by Crippen LogP contribution is -2.47. The minimum Gasteiger partial charge on any atom is -0.466 e. The van der Waals surface area contributed by atoms with Crippen LogP contribution in [0.3, 0.4) is 0 Å². The Balaban J connectivity index is 1.88. The van der Waals surface area contributed by atoms with Crippen molar-refractivity contribution in [1.29, 1.82) is 0 Å². The number of hydrogen-bond acceptors (Lipinski definition) is 6. The third kappa shape index (κ3) is 4.67. The summed E-state index contributed by atoms with van der Waals surface area (Å²) in [6, 6.07) is 5.74. The van der Waals surface area contributed by atoms with Crippen LogP contribution in [-0.4, -0.2) is 73.4 Å². The molecule has 2 fully saturated rings. The van der Waals surface area contributed by atoms with Gasteiger partial charge < -0.3 is 14.4 Å². The van der Waals surface area contributed by atoms with Gasteiger partial charge in [0.05, 0.1) is 31.1 Å². The molecule has 2 atom stereocenters. The number of hydrogen-bond donors (Lipinski definition) is 0. The zero-order valence-corrected chi connectivity index (χ0v) is 18.5. The van der Waals surface area contributed by atoms with Crippen molar-refractivity contribution in [3.05, 3.63) is 35.6 Å². The number of halogens is 1. The van der Waals surface area contributed by atoms with Crippen LogP contribution in [0.25, 0.3) is 0 Å². The number of ether oxygens (including phenoxy) is 2. The molecular weight excluding hydrogens is 419 g/mol. The first-order valence-corrected chi connectivity index (χ1v) is 10.9. The maximum atomic E-state index is 14.8. The fourth-order valence-corrected chi connectivity index (χ4v) is 4.53. The minimum atomic E-state index is -1.62. The number of amides is 3. The van der Waals surface area contributed by atoms with E-state index in [1.165, 1.54) is 30.2 Å². The van der Waals surface area contributed by atoms with Crippen LogP contribution in [0, 0.1) is 11.7 Å². The minimum absolute atomic E-state index is 0.0329. The molecule has 0 unspecified atom stereocenters. The highest BCUT2D eigenvalue weighted by molar-refractivity contribution is 6.10. The molecule has 0 saturated carbocycles. The lowest BCUT2D eigenvalue weighted by molar-refractivity contribution is -0.152. The van der Waals surface area contributed by atoms with E-state index in [0.717, 1.165) is 4.90 Å². The van der Waals surface area contributed by atoms with Gasteiger partial charge in [0.25, 0.3) is 0 Å². The number of nitrogens with zero attached hydrogens (tertiary/aromatic N) is 2. The van der Waals surface area contributed by atoms with E-state index in [4.69, 9.17) is 9.47 Å². The topological polar surface area (TPSA) is 93.2 Å². The SMILES string of the molecule is CCOC(=O)[C@H]1CCCN(C(=O)C[C@@]2(c3ccccc3F)CC(=O)N(CCOC)C2=O)C1. The van der Waals surface area contributed by atoms with Crippen LogP contribution < -0.4 is 0 Å². The Kier molecular flexibility index (Phi) is 7.60. The van der Waals surface area contributed by atoms with Crippen molar-refractivity contribution in [3.8, 4) is 0 Å². The molecule has 0 aliphatic carbocycles. The quantitative estimate of drug-likeness (QED) is 0.444. The molecule has 8 nitrogen and oxygen atoms in total. The predicted molar refractivity (Wildman–Crippen MR) is 112 cm³/mol. The second kappa shape index (κ2) is 10.2. The summed E-state index contributed by atoms with van der Waals surface area (Å²) in [4.78, 5) is 54.1. The van der Waals surface area contributed by atoms with E-state index in [1.54, 1.807) is 13.0 Å². The first kappa shape index (κ1) is 23.8. The summed E-state index contributed by atoms with van der Waals surface area (Å²) in [6.07, 6.45) is 0.590.